The Kier molecular flexibility index (Phi) is 5.69. The number of nitro groups is 1. The van der Waals surface area contributed by atoms with Crippen molar-refractivity contribution in [3.63, 3.8) is 0 Å². The van der Waals surface area contributed by atoms with Gasteiger partial charge in [0, 0.05) is 57.0 Å². The van der Waals surface area contributed by atoms with E-state index in [1.54, 1.807) is 22.3 Å². The summed E-state index contributed by atoms with van der Waals surface area (Å²) in [6.45, 7) is 1.97. The Morgan fingerprint density at radius 3 is 2.89 bits per heavy atom. The molecule has 5 aliphatic rings. The van der Waals surface area contributed by atoms with Crippen molar-refractivity contribution in [3.05, 3.63) is 54.2 Å². The third-order valence-corrected chi connectivity index (χ3v) is 11.4. The van der Waals surface area contributed by atoms with Crippen LogP contribution in [0.3, 0.4) is 0 Å². The number of thiophene rings is 1. The molecule has 3 fully saturated rings. The first kappa shape index (κ1) is 24.6. The first-order chi connectivity index (χ1) is 18.3. The average Bonchev–Trinajstić information content (AvgIpc) is 3.51. The first-order valence-corrected chi connectivity index (χ1v) is 15.1. The van der Waals surface area contributed by atoms with Crippen molar-refractivity contribution < 1.29 is 19.6 Å². The molecule has 7 rings (SSSR count). The summed E-state index contributed by atoms with van der Waals surface area (Å²) in [4.78, 5) is 30.5. The Bertz CT molecular complexity index is 1370. The average molecular weight is 601 g/mol. The van der Waals surface area contributed by atoms with Crippen LogP contribution in [0.15, 0.2) is 28.1 Å². The lowest BCUT2D eigenvalue weighted by Gasteiger charge is -2.60. The van der Waals surface area contributed by atoms with Gasteiger partial charge in [-0.3, -0.25) is 19.8 Å². The van der Waals surface area contributed by atoms with E-state index in [-0.39, 0.29) is 46.4 Å². The van der Waals surface area contributed by atoms with Crippen molar-refractivity contribution in [2.24, 2.45) is 11.8 Å². The van der Waals surface area contributed by atoms with E-state index in [0.717, 1.165) is 58.7 Å². The molecular weight excluding hydrogens is 570 g/mol. The summed E-state index contributed by atoms with van der Waals surface area (Å²) in [7, 11) is 1.83. The molecule has 0 unspecified atom stereocenters. The topological polar surface area (TPSA) is 96.2 Å². The molecule has 10 heteroatoms. The number of likely N-dealkylation sites (tertiary alicyclic amines) is 1. The Morgan fingerprint density at radius 2 is 2.18 bits per heavy atom. The predicted molar refractivity (Wildman–Crippen MR) is 148 cm³/mol. The molecule has 2 bridgehead atoms. The van der Waals surface area contributed by atoms with Crippen molar-refractivity contribution in [2.75, 3.05) is 20.1 Å². The highest BCUT2D eigenvalue weighted by Crippen LogP contribution is 2.65. The number of aromatic hydroxyl groups is 1. The molecule has 2 aliphatic heterocycles. The van der Waals surface area contributed by atoms with Crippen LogP contribution >= 0.6 is 27.3 Å². The molecule has 1 N–H and O–H groups in total. The van der Waals surface area contributed by atoms with Gasteiger partial charge in [-0.25, -0.2) is 0 Å². The second kappa shape index (κ2) is 8.79. The highest BCUT2D eigenvalue weighted by molar-refractivity contribution is 9.10. The minimum atomic E-state index is -0.434. The van der Waals surface area contributed by atoms with E-state index in [0.29, 0.717) is 12.2 Å². The Hall–Kier alpha value is -2.43. The zero-order chi connectivity index (χ0) is 26.3. The Morgan fingerprint density at radius 1 is 1.37 bits per heavy atom. The maximum atomic E-state index is 13.3. The number of rotatable bonds is 6. The van der Waals surface area contributed by atoms with Gasteiger partial charge in [-0.2, -0.15) is 0 Å². The van der Waals surface area contributed by atoms with E-state index >= 15 is 0 Å². The summed E-state index contributed by atoms with van der Waals surface area (Å²) in [6, 6.07) is 3.28. The molecule has 1 amide bonds. The van der Waals surface area contributed by atoms with E-state index in [9.17, 15) is 20.0 Å². The number of carbonyl (C=O) groups excluding carboxylic acids is 1. The van der Waals surface area contributed by atoms with Crippen molar-refractivity contribution in [1.29, 1.82) is 0 Å². The number of carbonyl (C=O) groups is 1. The molecule has 1 aromatic heterocycles. The molecule has 1 saturated heterocycles. The summed E-state index contributed by atoms with van der Waals surface area (Å²) >= 11 is 5.02. The first-order valence-electron chi connectivity index (χ1n) is 13.4. The molecule has 200 valence electrons. The summed E-state index contributed by atoms with van der Waals surface area (Å²) in [5, 5.41) is 25.0. The SMILES string of the molecule is CN(C(=O)/C=C/c1cc(Br)cs1)[C@@H]1CC[C@H]2[C@H]3Cc4c([N+](=O)[O-])cc(O)c5c4[C@@]2(CCN3CC2CC2)[C@H]1O5. The lowest BCUT2D eigenvalue weighted by atomic mass is 9.50. The van der Waals surface area contributed by atoms with Gasteiger partial charge >= 0.3 is 0 Å². The number of halogens is 1. The summed E-state index contributed by atoms with van der Waals surface area (Å²) in [5.41, 5.74) is 1.14. The van der Waals surface area contributed by atoms with E-state index in [1.807, 2.05) is 24.6 Å². The van der Waals surface area contributed by atoms with Gasteiger partial charge in [0.1, 0.15) is 6.10 Å². The summed E-state index contributed by atoms with van der Waals surface area (Å²) in [6.07, 6.45) is 8.82. The molecule has 3 aliphatic carbocycles. The van der Waals surface area contributed by atoms with Crippen LogP contribution in [-0.2, 0) is 16.6 Å². The molecule has 1 aromatic carbocycles. The third-order valence-electron chi connectivity index (χ3n) is 9.72. The number of nitrogens with zero attached hydrogens (tertiary/aromatic N) is 3. The smallest absolute Gasteiger partial charge is 0.276 e. The van der Waals surface area contributed by atoms with Crippen molar-refractivity contribution in [3.8, 4) is 11.5 Å². The number of hydrogen-bond donors (Lipinski definition) is 1. The largest absolute Gasteiger partial charge is 0.504 e. The highest BCUT2D eigenvalue weighted by Gasteiger charge is 2.67. The van der Waals surface area contributed by atoms with Crippen molar-refractivity contribution in [2.45, 2.75) is 62.1 Å². The zero-order valence-corrected chi connectivity index (χ0v) is 23.5. The molecule has 1 spiro atoms. The third kappa shape index (κ3) is 3.59. The van der Waals surface area contributed by atoms with Gasteiger partial charge in [0.25, 0.3) is 5.69 Å². The Balaban J connectivity index is 1.28. The van der Waals surface area contributed by atoms with Gasteiger partial charge in [0.2, 0.25) is 5.91 Å². The van der Waals surface area contributed by atoms with Crippen molar-refractivity contribution in [1.82, 2.24) is 9.80 Å². The fourth-order valence-corrected chi connectivity index (χ4v) is 9.27. The predicted octanol–water partition coefficient (Wildman–Crippen LogP) is 5.11. The van der Waals surface area contributed by atoms with E-state index in [1.165, 1.54) is 18.9 Å². The van der Waals surface area contributed by atoms with Crippen molar-refractivity contribution >= 4 is 44.9 Å². The van der Waals surface area contributed by atoms with Crippen LogP contribution in [0, 0.1) is 22.0 Å². The molecular formula is C28H30BrN3O5S. The van der Waals surface area contributed by atoms with E-state index in [4.69, 9.17) is 4.74 Å². The fraction of sp³-hybridized carbons (Fsp3) is 0.536. The minimum absolute atomic E-state index is 0.00167. The maximum Gasteiger partial charge on any atom is 0.276 e. The standard InChI is InChI=1S/C28H30BrN3O5S/c1-30(24(34)7-4-17-10-16(29)14-38-17)20-6-5-19-22-11-18-21(32(35)36)12-23(33)26-25(18)28(19,27(20)37-26)8-9-31(22)13-15-2-3-15/h4,7,10,12,14-15,19-20,22,27,33H,2-3,5-6,8-9,11,13H2,1H3/b7-4+/t19-,20+,22+,27-,28-/m0/s1. The second-order valence-electron chi connectivity index (χ2n) is 11.6. The lowest BCUT2D eigenvalue weighted by Crippen LogP contribution is -2.69. The number of phenolic OH excluding ortho intramolecular Hbond substituents is 1. The zero-order valence-electron chi connectivity index (χ0n) is 21.1. The molecule has 8 nitrogen and oxygen atoms in total. The fourth-order valence-electron chi connectivity index (χ4n) is 7.93. The van der Waals surface area contributed by atoms with Gasteiger partial charge in [-0.05, 0) is 85.0 Å². The number of hydrogen-bond acceptors (Lipinski definition) is 7. The van der Waals surface area contributed by atoms with Crippen LogP contribution in [0.5, 0.6) is 11.5 Å². The summed E-state index contributed by atoms with van der Waals surface area (Å²) in [5.74, 6) is 1.17. The van der Waals surface area contributed by atoms with Crippen LogP contribution in [0.4, 0.5) is 5.69 Å². The van der Waals surface area contributed by atoms with Crippen LogP contribution in [0.1, 0.15) is 48.1 Å². The molecule has 2 aromatic rings. The molecule has 2 saturated carbocycles. The number of piperidine rings is 1. The normalized spacial score (nSPS) is 31.2. The lowest BCUT2D eigenvalue weighted by molar-refractivity contribution is -0.385. The van der Waals surface area contributed by atoms with Gasteiger partial charge in [-0.1, -0.05) is 0 Å². The van der Waals surface area contributed by atoms with Gasteiger partial charge in [-0.15, -0.1) is 11.3 Å². The number of amides is 1. The number of ether oxygens (including phenoxy) is 1. The monoisotopic (exact) mass is 599 g/mol. The number of phenols is 1. The Labute approximate surface area is 233 Å². The van der Waals surface area contributed by atoms with Gasteiger partial charge in [0.05, 0.1) is 17.0 Å². The van der Waals surface area contributed by atoms with E-state index in [2.05, 4.69) is 20.8 Å². The molecule has 38 heavy (non-hydrogen) atoms. The number of likely N-dealkylation sites (N-methyl/N-ethyl adjacent to an activating group) is 1. The highest BCUT2D eigenvalue weighted by atomic mass is 79.9. The van der Waals surface area contributed by atoms with Crippen LogP contribution in [0.25, 0.3) is 6.08 Å². The van der Waals surface area contributed by atoms with Crippen LogP contribution in [0.2, 0.25) is 0 Å². The quantitative estimate of drug-likeness (QED) is 0.281. The summed E-state index contributed by atoms with van der Waals surface area (Å²) < 4.78 is 7.60. The molecule has 0 radical (unpaired) electrons. The van der Waals surface area contributed by atoms with E-state index < -0.39 is 5.41 Å². The van der Waals surface area contributed by atoms with Crippen LogP contribution < -0.4 is 4.74 Å². The second-order valence-corrected chi connectivity index (χ2v) is 13.5. The minimum Gasteiger partial charge on any atom is -0.504 e. The molecule has 5 atom stereocenters. The maximum absolute atomic E-state index is 13.3. The van der Waals surface area contributed by atoms with Gasteiger partial charge in [0.15, 0.2) is 11.5 Å². The number of nitro benzene ring substituents is 1. The number of benzene rings is 1. The van der Waals surface area contributed by atoms with Gasteiger partial charge < -0.3 is 14.7 Å². The van der Waals surface area contributed by atoms with Crippen LogP contribution in [-0.4, -0.2) is 64.1 Å². The molecule has 3 heterocycles.